The SMILES string of the molecule is Cc1nc([N+](=O)[O-])cn1CC[C]=O. The molecule has 0 aromatic carbocycles. The summed E-state index contributed by atoms with van der Waals surface area (Å²) in [7, 11) is 0. The van der Waals surface area contributed by atoms with E-state index >= 15 is 0 Å². The third kappa shape index (κ3) is 2.11. The topological polar surface area (TPSA) is 78.0 Å². The number of imidazole rings is 1. The largest absolute Gasteiger partial charge is 0.381 e. The molecule has 0 saturated heterocycles. The van der Waals surface area contributed by atoms with E-state index in [-0.39, 0.29) is 12.2 Å². The molecule has 1 radical (unpaired) electrons. The van der Waals surface area contributed by atoms with Crippen molar-refractivity contribution in [3.63, 3.8) is 0 Å². The molecular weight excluding hydrogens is 174 g/mol. The van der Waals surface area contributed by atoms with Crippen LogP contribution in [0.3, 0.4) is 0 Å². The molecule has 0 aliphatic heterocycles. The lowest BCUT2D eigenvalue weighted by molar-refractivity contribution is -0.389. The lowest BCUT2D eigenvalue weighted by Crippen LogP contribution is -1.98. The van der Waals surface area contributed by atoms with E-state index in [4.69, 9.17) is 0 Å². The van der Waals surface area contributed by atoms with Crippen molar-refractivity contribution in [2.45, 2.75) is 19.9 Å². The fraction of sp³-hybridized carbons (Fsp3) is 0.429. The van der Waals surface area contributed by atoms with Crippen LogP contribution >= 0.6 is 0 Å². The van der Waals surface area contributed by atoms with Gasteiger partial charge in [-0.25, -0.2) is 0 Å². The molecular formula is C7H8N3O3. The van der Waals surface area contributed by atoms with E-state index in [0.717, 1.165) is 0 Å². The summed E-state index contributed by atoms with van der Waals surface area (Å²) in [6.45, 7) is 2.04. The van der Waals surface area contributed by atoms with Gasteiger partial charge in [-0.1, -0.05) is 0 Å². The van der Waals surface area contributed by atoms with Gasteiger partial charge in [0.1, 0.15) is 6.20 Å². The fourth-order valence-corrected chi connectivity index (χ4v) is 0.972. The van der Waals surface area contributed by atoms with Crippen LogP contribution in [0.4, 0.5) is 5.82 Å². The summed E-state index contributed by atoms with van der Waals surface area (Å²) >= 11 is 0. The molecule has 69 valence electrons. The van der Waals surface area contributed by atoms with Crippen LogP contribution < -0.4 is 0 Å². The number of nitrogens with zero attached hydrogens (tertiary/aromatic N) is 3. The Kier molecular flexibility index (Phi) is 2.73. The number of rotatable bonds is 4. The monoisotopic (exact) mass is 182 g/mol. The van der Waals surface area contributed by atoms with Gasteiger partial charge in [0, 0.05) is 19.9 Å². The van der Waals surface area contributed by atoms with Crippen molar-refractivity contribution >= 4 is 12.1 Å². The molecule has 0 saturated carbocycles. The maximum Gasteiger partial charge on any atom is 0.381 e. The lowest BCUT2D eigenvalue weighted by atomic mass is 10.4. The van der Waals surface area contributed by atoms with Gasteiger partial charge in [-0.2, -0.15) is 0 Å². The van der Waals surface area contributed by atoms with E-state index < -0.39 is 4.92 Å². The van der Waals surface area contributed by atoms with Gasteiger partial charge in [0.2, 0.25) is 5.82 Å². The summed E-state index contributed by atoms with van der Waals surface area (Å²) in [5.41, 5.74) is 0. The molecule has 1 aromatic rings. The molecule has 1 heterocycles. The molecule has 0 fully saturated rings. The van der Waals surface area contributed by atoms with Crippen molar-refractivity contribution < 1.29 is 9.72 Å². The van der Waals surface area contributed by atoms with Crippen LogP contribution in [-0.4, -0.2) is 20.8 Å². The summed E-state index contributed by atoms with van der Waals surface area (Å²) in [5.74, 6) is 0.338. The minimum absolute atomic E-state index is 0.191. The van der Waals surface area contributed by atoms with E-state index in [9.17, 15) is 14.9 Å². The Balaban J connectivity index is 2.83. The van der Waals surface area contributed by atoms with Crippen molar-refractivity contribution in [3.8, 4) is 0 Å². The third-order valence-corrected chi connectivity index (χ3v) is 1.61. The molecule has 0 amide bonds. The quantitative estimate of drug-likeness (QED) is 0.504. The molecule has 0 bridgehead atoms. The predicted octanol–water partition coefficient (Wildman–Crippen LogP) is 0.600. The van der Waals surface area contributed by atoms with Crippen LogP contribution in [0.25, 0.3) is 0 Å². The number of nitro groups is 1. The van der Waals surface area contributed by atoms with E-state index in [0.29, 0.717) is 12.4 Å². The Morgan fingerprint density at radius 3 is 2.92 bits per heavy atom. The number of hydrogen-bond donors (Lipinski definition) is 0. The Labute approximate surface area is 74.3 Å². The Hall–Kier alpha value is -1.72. The summed E-state index contributed by atoms with van der Waals surface area (Å²) in [5, 5.41) is 10.3. The first-order valence-electron chi connectivity index (χ1n) is 3.68. The van der Waals surface area contributed by atoms with Crippen molar-refractivity contribution in [2.24, 2.45) is 0 Å². The molecule has 0 unspecified atom stereocenters. The highest BCUT2D eigenvalue weighted by atomic mass is 16.6. The number of aromatic nitrogens is 2. The summed E-state index contributed by atoms with van der Waals surface area (Å²) in [6.07, 6.45) is 3.24. The van der Waals surface area contributed by atoms with E-state index in [1.165, 1.54) is 6.20 Å². The van der Waals surface area contributed by atoms with Crippen molar-refractivity contribution in [2.75, 3.05) is 0 Å². The summed E-state index contributed by atoms with van der Waals surface area (Å²) in [4.78, 5) is 23.4. The highest BCUT2D eigenvalue weighted by molar-refractivity contribution is 5.50. The maximum absolute atomic E-state index is 10.3. The molecule has 0 spiro atoms. The summed E-state index contributed by atoms with van der Waals surface area (Å²) < 4.78 is 1.56. The van der Waals surface area contributed by atoms with E-state index in [1.54, 1.807) is 17.8 Å². The molecule has 1 aromatic heterocycles. The van der Waals surface area contributed by atoms with Crippen LogP contribution in [0.2, 0.25) is 0 Å². The molecule has 13 heavy (non-hydrogen) atoms. The molecule has 0 aliphatic rings. The van der Waals surface area contributed by atoms with E-state index in [1.807, 2.05) is 0 Å². The summed E-state index contributed by atoms with van der Waals surface area (Å²) in [6, 6.07) is 0. The molecule has 6 heteroatoms. The van der Waals surface area contributed by atoms with Gasteiger partial charge in [-0.15, -0.1) is 0 Å². The van der Waals surface area contributed by atoms with Crippen molar-refractivity contribution in [1.82, 2.24) is 9.55 Å². The standard InChI is InChI=1S/C7H8N3O3/c1-6-8-7(10(12)13)5-9(6)3-2-4-11/h5H,2-3H2,1H3. The van der Waals surface area contributed by atoms with Gasteiger partial charge in [-0.3, -0.25) is 4.79 Å². The highest BCUT2D eigenvalue weighted by Gasteiger charge is 2.14. The second-order valence-corrected chi connectivity index (χ2v) is 2.49. The van der Waals surface area contributed by atoms with Gasteiger partial charge in [0.25, 0.3) is 0 Å². The predicted molar refractivity (Wildman–Crippen MR) is 43.9 cm³/mol. The number of aryl methyl sites for hydroxylation is 2. The van der Waals surface area contributed by atoms with Gasteiger partial charge in [0.15, 0.2) is 6.29 Å². The average molecular weight is 182 g/mol. The molecule has 1 rings (SSSR count). The Morgan fingerprint density at radius 2 is 2.46 bits per heavy atom. The molecule has 6 nitrogen and oxygen atoms in total. The van der Waals surface area contributed by atoms with E-state index in [2.05, 4.69) is 4.98 Å². The fourth-order valence-electron chi connectivity index (χ4n) is 0.972. The minimum atomic E-state index is -0.561. The van der Waals surface area contributed by atoms with Crippen LogP contribution in [0.1, 0.15) is 12.2 Å². The third-order valence-electron chi connectivity index (χ3n) is 1.61. The van der Waals surface area contributed by atoms with Crippen LogP contribution in [0, 0.1) is 17.0 Å². The normalized spacial score (nSPS) is 9.92. The number of hydrogen-bond acceptors (Lipinski definition) is 4. The lowest BCUT2D eigenvalue weighted by Gasteiger charge is -1.94. The minimum Gasteiger partial charge on any atom is -0.358 e. The van der Waals surface area contributed by atoms with Crippen molar-refractivity contribution in [3.05, 3.63) is 22.1 Å². The maximum atomic E-state index is 10.3. The zero-order chi connectivity index (χ0) is 9.84. The molecule has 0 atom stereocenters. The highest BCUT2D eigenvalue weighted by Crippen LogP contribution is 2.10. The molecule has 0 N–H and O–H groups in total. The van der Waals surface area contributed by atoms with Crippen molar-refractivity contribution in [1.29, 1.82) is 0 Å². The second kappa shape index (κ2) is 3.79. The first-order chi connectivity index (χ1) is 6.15. The van der Waals surface area contributed by atoms with Crippen LogP contribution in [0.15, 0.2) is 6.20 Å². The van der Waals surface area contributed by atoms with Gasteiger partial charge >= 0.3 is 5.82 Å². The molecule has 0 aliphatic carbocycles. The van der Waals surface area contributed by atoms with Crippen LogP contribution in [0.5, 0.6) is 0 Å². The van der Waals surface area contributed by atoms with Gasteiger partial charge < -0.3 is 14.7 Å². The van der Waals surface area contributed by atoms with Gasteiger partial charge in [-0.05, 0) is 9.91 Å². The zero-order valence-corrected chi connectivity index (χ0v) is 7.06. The first-order valence-corrected chi connectivity index (χ1v) is 3.68. The van der Waals surface area contributed by atoms with Crippen LogP contribution in [-0.2, 0) is 11.3 Å². The zero-order valence-electron chi connectivity index (χ0n) is 7.06. The average Bonchev–Trinajstić information content (AvgIpc) is 2.44. The van der Waals surface area contributed by atoms with Gasteiger partial charge in [0.05, 0.1) is 0 Å². The Bertz CT molecular complexity index is 332. The second-order valence-electron chi connectivity index (χ2n) is 2.49. The smallest absolute Gasteiger partial charge is 0.358 e. The Morgan fingerprint density at radius 1 is 1.77 bits per heavy atom. The first kappa shape index (κ1) is 9.37. The number of carbonyl (C=O) groups excluding carboxylic acids is 1.